The van der Waals surface area contributed by atoms with Gasteiger partial charge in [-0.05, 0) is 61.0 Å². The maximum atomic E-state index is 13.8. The molecule has 4 rings (SSSR count). The number of hydrogen-bond donors (Lipinski definition) is 1. The lowest BCUT2D eigenvalue weighted by atomic mass is 10.2. The second-order valence-electron chi connectivity index (χ2n) is 6.10. The molecule has 0 aliphatic rings. The van der Waals surface area contributed by atoms with Crippen LogP contribution in [0.2, 0.25) is 0 Å². The van der Waals surface area contributed by atoms with Gasteiger partial charge in [-0.1, -0.05) is 18.2 Å². The van der Waals surface area contributed by atoms with E-state index in [1.807, 2.05) is 19.1 Å². The van der Waals surface area contributed by atoms with Crippen molar-refractivity contribution in [3.05, 3.63) is 78.1 Å². The third-order valence-corrected chi connectivity index (χ3v) is 6.54. The number of halogens is 1. The van der Waals surface area contributed by atoms with Gasteiger partial charge in [0.25, 0.3) is 10.0 Å². The van der Waals surface area contributed by atoms with Crippen molar-refractivity contribution in [1.82, 2.24) is 4.98 Å². The number of sulfonamides is 1. The molecular formula is C20H15FN2O2S2. The van der Waals surface area contributed by atoms with E-state index < -0.39 is 15.8 Å². The molecule has 0 unspecified atom stereocenters. The number of fused-ring (bicyclic) bond motifs is 1. The SMILES string of the molecule is Cc1ccc2nc(-c3ccc(NS(=O)(=O)c4ccccc4F)cc3)sc2c1. The summed E-state index contributed by atoms with van der Waals surface area (Å²) in [4.78, 5) is 4.24. The number of hydrogen-bond acceptors (Lipinski definition) is 4. The summed E-state index contributed by atoms with van der Waals surface area (Å²) in [7, 11) is -3.98. The summed E-state index contributed by atoms with van der Waals surface area (Å²) in [5.41, 5.74) is 3.36. The van der Waals surface area contributed by atoms with Crippen LogP contribution in [-0.4, -0.2) is 13.4 Å². The summed E-state index contributed by atoms with van der Waals surface area (Å²) < 4.78 is 42.0. The van der Waals surface area contributed by atoms with Gasteiger partial charge in [-0.2, -0.15) is 0 Å². The molecule has 0 radical (unpaired) electrons. The van der Waals surface area contributed by atoms with Gasteiger partial charge in [0.15, 0.2) is 0 Å². The van der Waals surface area contributed by atoms with Gasteiger partial charge in [0.1, 0.15) is 15.7 Å². The summed E-state index contributed by atoms with van der Waals surface area (Å²) >= 11 is 1.58. The first-order valence-corrected chi connectivity index (χ1v) is 10.5. The predicted octanol–water partition coefficient (Wildman–Crippen LogP) is 5.21. The Labute approximate surface area is 160 Å². The van der Waals surface area contributed by atoms with Crippen molar-refractivity contribution in [2.24, 2.45) is 0 Å². The van der Waals surface area contributed by atoms with Gasteiger partial charge in [-0.3, -0.25) is 4.72 Å². The summed E-state index contributed by atoms with van der Waals surface area (Å²) in [6.45, 7) is 2.04. The topological polar surface area (TPSA) is 59.1 Å². The van der Waals surface area contributed by atoms with Crippen LogP contribution >= 0.6 is 11.3 Å². The van der Waals surface area contributed by atoms with Crippen LogP contribution < -0.4 is 4.72 Å². The monoisotopic (exact) mass is 398 g/mol. The van der Waals surface area contributed by atoms with Crippen molar-refractivity contribution in [1.29, 1.82) is 0 Å². The first kappa shape index (κ1) is 17.6. The molecule has 4 aromatic rings. The smallest absolute Gasteiger partial charge is 0.264 e. The third-order valence-electron chi connectivity index (χ3n) is 4.05. The van der Waals surface area contributed by atoms with Gasteiger partial charge in [0, 0.05) is 11.3 Å². The highest BCUT2D eigenvalue weighted by atomic mass is 32.2. The second-order valence-corrected chi connectivity index (χ2v) is 8.78. The van der Waals surface area contributed by atoms with Crippen molar-refractivity contribution in [2.45, 2.75) is 11.8 Å². The molecule has 3 aromatic carbocycles. The van der Waals surface area contributed by atoms with Crippen molar-refractivity contribution in [3.8, 4) is 10.6 Å². The van der Waals surface area contributed by atoms with Crippen molar-refractivity contribution in [2.75, 3.05) is 4.72 Å². The summed E-state index contributed by atoms with van der Waals surface area (Å²) in [5, 5.41) is 0.860. The molecule has 7 heteroatoms. The Balaban J connectivity index is 1.61. The molecule has 0 aliphatic heterocycles. The Morgan fingerprint density at radius 1 is 1.00 bits per heavy atom. The van der Waals surface area contributed by atoms with E-state index in [1.54, 1.807) is 35.6 Å². The lowest BCUT2D eigenvalue weighted by molar-refractivity contribution is 0.570. The second kappa shape index (κ2) is 6.75. The highest BCUT2D eigenvalue weighted by Crippen LogP contribution is 2.31. The number of anilines is 1. The standard InChI is InChI=1S/C20H15FN2O2S2/c1-13-6-11-17-18(12-13)26-20(22-17)14-7-9-15(10-8-14)23-27(24,25)19-5-3-2-4-16(19)21/h2-12,23H,1H3. The van der Waals surface area contributed by atoms with E-state index in [2.05, 4.69) is 15.8 Å². The largest absolute Gasteiger partial charge is 0.280 e. The van der Waals surface area contributed by atoms with Crippen LogP contribution in [0.15, 0.2) is 71.6 Å². The van der Waals surface area contributed by atoms with Crippen LogP contribution in [0.4, 0.5) is 10.1 Å². The average Bonchev–Trinajstić information content (AvgIpc) is 3.05. The molecule has 0 saturated carbocycles. The van der Waals surface area contributed by atoms with Crippen LogP contribution in [-0.2, 0) is 10.0 Å². The lowest BCUT2D eigenvalue weighted by Crippen LogP contribution is -2.14. The number of nitrogens with zero attached hydrogens (tertiary/aromatic N) is 1. The van der Waals surface area contributed by atoms with Crippen molar-refractivity contribution in [3.63, 3.8) is 0 Å². The fourth-order valence-electron chi connectivity index (χ4n) is 2.71. The zero-order chi connectivity index (χ0) is 19.0. The zero-order valence-corrected chi connectivity index (χ0v) is 15.9. The number of aromatic nitrogens is 1. The molecule has 0 bridgehead atoms. The summed E-state index contributed by atoms with van der Waals surface area (Å²) in [6, 6.07) is 18.3. The maximum absolute atomic E-state index is 13.8. The molecule has 0 spiro atoms. The molecule has 0 amide bonds. The first-order valence-electron chi connectivity index (χ1n) is 8.17. The van der Waals surface area contributed by atoms with E-state index in [1.165, 1.54) is 23.8 Å². The van der Waals surface area contributed by atoms with Crippen LogP contribution in [0.3, 0.4) is 0 Å². The van der Waals surface area contributed by atoms with Gasteiger partial charge < -0.3 is 0 Å². The van der Waals surface area contributed by atoms with E-state index >= 15 is 0 Å². The van der Waals surface area contributed by atoms with E-state index in [9.17, 15) is 12.8 Å². The zero-order valence-electron chi connectivity index (χ0n) is 14.3. The minimum absolute atomic E-state index is 0.360. The molecule has 0 atom stereocenters. The average molecular weight is 398 g/mol. The molecular weight excluding hydrogens is 383 g/mol. The molecule has 136 valence electrons. The first-order chi connectivity index (χ1) is 12.9. The van der Waals surface area contributed by atoms with Gasteiger partial charge in [-0.25, -0.2) is 17.8 Å². The molecule has 27 heavy (non-hydrogen) atoms. The highest BCUT2D eigenvalue weighted by Gasteiger charge is 2.18. The number of aryl methyl sites for hydroxylation is 1. The molecule has 1 aromatic heterocycles. The van der Waals surface area contributed by atoms with Crippen LogP contribution in [0, 0.1) is 12.7 Å². The summed E-state index contributed by atoms with van der Waals surface area (Å²) in [5.74, 6) is -0.786. The predicted molar refractivity (Wildman–Crippen MR) is 107 cm³/mol. The number of benzene rings is 3. The Hall–Kier alpha value is -2.77. The highest BCUT2D eigenvalue weighted by molar-refractivity contribution is 7.92. The Morgan fingerprint density at radius 3 is 2.48 bits per heavy atom. The van der Waals surface area contributed by atoms with E-state index in [4.69, 9.17) is 0 Å². The Morgan fingerprint density at radius 2 is 1.74 bits per heavy atom. The van der Waals surface area contributed by atoms with E-state index in [-0.39, 0.29) is 4.90 Å². The quantitative estimate of drug-likeness (QED) is 0.513. The number of thiazole rings is 1. The Kier molecular flexibility index (Phi) is 4.41. The van der Waals surface area contributed by atoms with Gasteiger partial charge in [0.2, 0.25) is 0 Å². The Bertz CT molecular complexity index is 1230. The van der Waals surface area contributed by atoms with E-state index in [0.717, 1.165) is 26.9 Å². The normalized spacial score (nSPS) is 11.6. The van der Waals surface area contributed by atoms with Crippen molar-refractivity contribution < 1.29 is 12.8 Å². The number of rotatable bonds is 4. The van der Waals surface area contributed by atoms with Crippen LogP contribution in [0.5, 0.6) is 0 Å². The van der Waals surface area contributed by atoms with Crippen molar-refractivity contribution >= 4 is 37.3 Å². The molecule has 0 fully saturated rings. The molecule has 1 N–H and O–H groups in total. The molecule has 1 heterocycles. The van der Waals surface area contributed by atoms with Crippen LogP contribution in [0.1, 0.15) is 5.56 Å². The van der Waals surface area contributed by atoms with Gasteiger partial charge in [0.05, 0.1) is 10.2 Å². The fraction of sp³-hybridized carbons (Fsp3) is 0.0500. The molecule has 4 nitrogen and oxygen atoms in total. The fourth-order valence-corrected chi connectivity index (χ4v) is 4.92. The van der Waals surface area contributed by atoms with E-state index in [0.29, 0.717) is 5.69 Å². The minimum atomic E-state index is -3.98. The van der Waals surface area contributed by atoms with Gasteiger partial charge >= 0.3 is 0 Å². The molecule has 0 aliphatic carbocycles. The van der Waals surface area contributed by atoms with Crippen LogP contribution in [0.25, 0.3) is 20.8 Å². The maximum Gasteiger partial charge on any atom is 0.264 e. The summed E-state index contributed by atoms with van der Waals surface area (Å²) in [6.07, 6.45) is 0. The molecule has 0 saturated heterocycles. The minimum Gasteiger partial charge on any atom is -0.280 e. The van der Waals surface area contributed by atoms with Gasteiger partial charge in [-0.15, -0.1) is 11.3 Å². The number of nitrogens with one attached hydrogen (secondary N) is 1. The lowest BCUT2D eigenvalue weighted by Gasteiger charge is -2.09. The third kappa shape index (κ3) is 3.56.